The fourth-order valence-electron chi connectivity index (χ4n) is 3.50. The van der Waals surface area contributed by atoms with E-state index < -0.39 is 0 Å². The summed E-state index contributed by atoms with van der Waals surface area (Å²) in [6.45, 7) is 2.20. The van der Waals surface area contributed by atoms with Crippen molar-refractivity contribution in [2.45, 2.75) is 44.4 Å². The van der Waals surface area contributed by atoms with Crippen LogP contribution >= 0.6 is 11.6 Å². The van der Waals surface area contributed by atoms with Gasteiger partial charge in [-0.05, 0) is 74.2 Å². The van der Waals surface area contributed by atoms with Crippen molar-refractivity contribution in [1.82, 2.24) is 5.32 Å². The summed E-state index contributed by atoms with van der Waals surface area (Å²) in [6, 6.07) is 2.38. The van der Waals surface area contributed by atoms with Gasteiger partial charge in [0.2, 0.25) is 0 Å². The molecule has 2 aliphatic rings. The first-order chi connectivity index (χ1) is 9.31. The highest BCUT2D eigenvalue weighted by Gasteiger charge is 2.25. The molecule has 0 amide bonds. The predicted molar refractivity (Wildman–Crippen MR) is 79.5 cm³/mol. The molecule has 3 heteroatoms. The van der Waals surface area contributed by atoms with Gasteiger partial charge in [-0.3, -0.25) is 0 Å². The molecule has 1 N–H and O–H groups in total. The van der Waals surface area contributed by atoms with Crippen LogP contribution in [-0.2, 0) is 12.8 Å². The zero-order valence-electron chi connectivity index (χ0n) is 11.6. The number of piperidine rings is 1. The molecule has 2 nitrogen and oxygen atoms in total. The third kappa shape index (κ3) is 2.48. The fourth-order valence-corrected chi connectivity index (χ4v) is 3.90. The van der Waals surface area contributed by atoms with Crippen LogP contribution in [0.3, 0.4) is 0 Å². The standard InChI is InChI=1S/C16H22ClNO/c1-19-16-14(11-6-8-18-9-7-11)10-12-4-2-3-5-13(12)15(16)17/h10-11,18H,2-9H2,1H3. The van der Waals surface area contributed by atoms with Crippen LogP contribution < -0.4 is 10.1 Å². The number of methoxy groups -OCH3 is 1. The highest BCUT2D eigenvalue weighted by atomic mass is 35.5. The summed E-state index contributed by atoms with van der Waals surface area (Å²) in [5.74, 6) is 1.54. The van der Waals surface area contributed by atoms with Gasteiger partial charge in [0.15, 0.2) is 0 Å². The van der Waals surface area contributed by atoms with Gasteiger partial charge in [0.05, 0.1) is 12.1 Å². The van der Waals surface area contributed by atoms with E-state index in [2.05, 4.69) is 11.4 Å². The molecule has 0 saturated carbocycles. The van der Waals surface area contributed by atoms with E-state index in [1.165, 1.54) is 48.8 Å². The summed E-state index contributed by atoms with van der Waals surface area (Å²) >= 11 is 6.61. The molecule has 0 atom stereocenters. The predicted octanol–water partition coefficient (Wildman–Crippen LogP) is 3.69. The molecule has 1 saturated heterocycles. The van der Waals surface area contributed by atoms with E-state index in [0.29, 0.717) is 5.92 Å². The Balaban J connectivity index is 2.04. The Hall–Kier alpha value is -0.730. The van der Waals surface area contributed by atoms with Gasteiger partial charge >= 0.3 is 0 Å². The van der Waals surface area contributed by atoms with Gasteiger partial charge in [0.1, 0.15) is 5.75 Å². The first-order valence-corrected chi connectivity index (χ1v) is 7.78. The smallest absolute Gasteiger partial charge is 0.141 e. The Morgan fingerprint density at radius 3 is 2.68 bits per heavy atom. The van der Waals surface area contributed by atoms with Crippen molar-refractivity contribution >= 4 is 11.6 Å². The second-order valence-corrected chi connectivity index (χ2v) is 6.06. The first-order valence-electron chi connectivity index (χ1n) is 7.40. The van der Waals surface area contributed by atoms with Gasteiger partial charge in [-0.2, -0.15) is 0 Å². The quantitative estimate of drug-likeness (QED) is 0.891. The number of hydrogen-bond donors (Lipinski definition) is 1. The molecule has 1 fully saturated rings. The van der Waals surface area contributed by atoms with Gasteiger partial charge in [0.25, 0.3) is 0 Å². The highest BCUT2D eigenvalue weighted by Crippen LogP contribution is 2.42. The summed E-state index contributed by atoms with van der Waals surface area (Å²) in [5, 5.41) is 4.31. The van der Waals surface area contributed by atoms with Gasteiger partial charge < -0.3 is 10.1 Å². The number of nitrogens with one attached hydrogen (secondary N) is 1. The Morgan fingerprint density at radius 2 is 1.95 bits per heavy atom. The Kier molecular flexibility index (Phi) is 3.99. The summed E-state index contributed by atoms with van der Waals surface area (Å²) in [7, 11) is 1.75. The van der Waals surface area contributed by atoms with Crippen LogP contribution in [-0.4, -0.2) is 20.2 Å². The minimum Gasteiger partial charge on any atom is -0.495 e. The molecule has 0 unspecified atom stereocenters. The number of fused-ring (bicyclic) bond motifs is 1. The lowest BCUT2D eigenvalue weighted by molar-refractivity contribution is 0.390. The lowest BCUT2D eigenvalue weighted by Gasteiger charge is -2.28. The van der Waals surface area contributed by atoms with Crippen molar-refractivity contribution in [3.05, 3.63) is 27.8 Å². The van der Waals surface area contributed by atoms with Gasteiger partial charge in [-0.1, -0.05) is 17.7 Å². The number of hydrogen-bond acceptors (Lipinski definition) is 2. The third-order valence-electron chi connectivity index (χ3n) is 4.55. The second-order valence-electron chi connectivity index (χ2n) is 5.68. The molecular weight excluding hydrogens is 258 g/mol. The minimum absolute atomic E-state index is 0.598. The van der Waals surface area contributed by atoms with Crippen LogP contribution in [0.15, 0.2) is 6.07 Å². The molecule has 0 spiro atoms. The lowest BCUT2D eigenvalue weighted by atomic mass is 9.83. The molecule has 1 aliphatic heterocycles. The molecule has 0 bridgehead atoms. The van der Waals surface area contributed by atoms with Gasteiger partial charge in [-0.15, -0.1) is 0 Å². The number of halogens is 1. The zero-order chi connectivity index (χ0) is 13.2. The van der Waals surface area contributed by atoms with Crippen molar-refractivity contribution in [1.29, 1.82) is 0 Å². The lowest BCUT2D eigenvalue weighted by Crippen LogP contribution is -2.27. The summed E-state index contributed by atoms with van der Waals surface area (Å²) in [6.07, 6.45) is 7.20. The Bertz CT molecular complexity index is 466. The van der Waals surface area contributed by atoms with E-state index in [1.54, 1.807) is 7.11 Å². The molecule has 1 aliphatic carbocycles. The van der Waals surface area contributed by atoms with Crippen LogP contribution in [0.4, 0.5) is 0 Å². The van der Waals surface area contributed by atoms with E-state index >= 15 is 0 Å². The zero-order valence-corrected chi connectivity index (χ0v) is 12.4. The maximum atomic E-state index is 6.61. The van der Waals surface area contributed by atoms with Crippen molar-refractivity contribution < 1.29 is 4.74 Å². The topological polar surface area (TPSA) is 21.3 Å². The molecule has 0 aromatic heterocycles. The van der Waals surface area contributed by atoms with E-state index in [1.807, 2.05) is 0 Å². The molecular formula is C16H22ClNO. The maximum Gasteiger partial charge on any atom is 0.141 e. The average molecular weight is 280 g/mol. The van der Waals surface area contributed by atoms with Crippen molar-refractivity contribution in [3.8, 4) is 5.75 Å². The SMILES string of the molecule is COc1c(C2CCNCC2)cc2c(c1Cl)CCCC2. The van der Waals surface area contributed by atoms with E-state index in [-0.39, 0.29) is 0 Å². The van der Waals surface area contributed by atoms with Crippen LogP contribution in [0.25, 0.3) is 0 Å². The summed E-state index contributed by atoms with van der Waals surface area (Å²) < 4.78 is 5.64. The average Bonchev–Trinajstić information content (AvgIpc) is 2.48. The summed E-state index contributed by atoms with van der Waals surface area (Å²) in [4.78, 5) is 0. The largest absolute Gasteiger partial charge is 0.495 e. The van der Waals surface area contributed by atoms with Gasteiger partial charge in [-0.25, -0.2) is 0 Å². The number of ether oxygens (including phenoxy) is 1. The van der Waals surface area contributed by atoms with Crippen LogP contribution in [0.2, 0.25) is 5.02 Å². The second kappa shape index (κ2) is 5.72. The minimum atomic E-state index is 0.598. The van der Waals surface area contributed by atoms with Crippen LogP contribution in [0, 0.1) is 0 Å². The Labute approximate surface area is 120 Å². The van der Waals surface area contributed by atoms with Gasteiger partial charge in [0, 0.05) is 0 Å². The fraction of sp³-hybridized carbons (Fsp3) is 0.625. The van der Waals surface area contributed by atoms with Crippen molar-refractivity contribution in [3.63, 3.8) is 0 Å². The molecule has 1 aromatic carbocycles. The Morgan fingerprint density at radius 1 is 1.21 bits per heavy atom. The number of rotatable bonds is 2. The van der Waals surface area contributed by atoms with Crippen molar-refractivity contribution in [2.75, 3.05) is 20.2 Å². The number of aryl methyl sites for hydroxylation is 1. The monoisotopic (exact) mass is 279 g/mol. The molecule has 3 rings (SSSR count). The normalized spacial score (nSPS) is 20.1. The van der Waals surface area contributed by atoms with Crippen LogP contribution in [0.5, 0.6) is 5.75 Å². The van der Waals surface area contributed by atoms with E-state index in [9.17, 15) is 0 Å². The van der Waals surface area contributed by atoms with Crippen molar-refractivity contribution in [2.24, 2.45) is 0 Å². The van der Waals surface area contributed by atoms with Crippen LogP contribution in [0.1, 0.15) is 48.3 Å². The number of benzene rings is 1. The van der Waals surface area contributed by atoms with E-state index in [4.69, 9.17) is 16.3 Å². The summed E-state index contributed by atoms with van der Waals surface area (Å²) in [5.41, 5.74) is 4.14. The molecule has 1 heterocycles. The molecule has 19 heavy (non-hydrogen) atoms. The third-order valence-corrected chi connectivity index (χ3v) is 4.95. The maximum absolute atomic E-state index is 6.61. The highest BCUT2D eigenvalue weighted by molar-refractivity contribution is 6.33. The molecule has 104 valence electrons. The molecule has 1 aromatic rings. The molecule has 0 radical (unpaired) electrons. The van der Waals surface area contributed by atoms with E-state index in [0.717, 1.165) is 30.3 Å². The first kappa shape index (κ1) is 13.3.